The van der Waals surface area contributed by atoms with Gasteiger partial charge in [-0.1, -0.05) is 8.58 Å². The van der Waals surface area contributed by atoms with Gasteiger partial charge in [-0.05, 0) is 55.5 Å². The van der Waals surface area contributed by atoms with Crippen molar-refractivity contribution in [1.29, 1.82) is 0 Å². The van der Waals surface area contributed by atoms with Gasteiger partial charge < -0.3 is 20.6 Å². The number of pyridine rings is 1. The number of hydrogen-bond donors (Lipinski definition) is 3. The molecule has 1 saturated carbocycles. The molecule has 1 atom stereocenters. The molecule has 0 bridgehead atoms. The Morgan fingerprint density at radius 3 is 2.92 bits per heavy atom. The molecule has 3 heterocycles. The Hall–Kier alpha value is -2.91. The molecule has 3 aromatic heterocycles. The van der Waals surface area contributed by atoms with E-state index in [9.17, 15) is 9.18 Å². The first kappa shape index (κ1) is 24.8. The maximum Gasteiger partial charge on any atom is 0.319 e. The fourth-order valence-electron chi connectivity index (χ4n) is 3.77. The first-order valence-corrected chi connectivity index (χ1v) is 13.6. The predicted molar refractivity (Wildman–Crippen MR) is 145 cm³/mol. The average molecular weight is 527 g/mol. The summed E-state index contributed by atoms with van der Waals surface area (Å²) in [7, 11) is 2.09. The number of carbonyl (C=O) groups excluding carboxylic acids is 1. The molecule has 8 nitrogen and oxygen atoms in total. The van der Waals surface area contributed by atoms with Gasteiger partial charge in [0.15, 0.2) is 0 Å². The smallest absolute Gasteiger partial charge is 0.319 e. The molecule has 5 rings (SSSR count). The first-order valence-electron chi connectivity index (χ1n) is 11.8. The van der Waals surface area contributed by atoms with Crippen LogP contribution in [0.2, 0.25) is 0 Å². The highest BCUT2D eigenvalue weighted by Gasteiger charge is 2.23. The number of aromatic nitrogens is 3. The number of nitrogens with one attached hydrogen (secondary N) is 2. The highest BCUT2D eigenvalue weighted by atomic mass is 32.1. The highest BCUT2D eigenvalue weighted by Crippen LogP contribution is 2.33. The fraction of sp³-hybridized carbons (Fsp3) is 0.320. The van der Waals surface area contributed by atoms with Gasteiger partial charge in [0.2, 0.25) is 0 Å². The highest BCUT2D eigenvalue weighted by molar-refractivity contribution is 7.57. The standard InChI is InChI=1S/C25H28FN6O2PS/c1-31(10-11-33)8-9-32-15-16(14-28-32)23-13-20-24(36-23)22(6-7-27-20)35-21-5-4-18(12-19(21)26)30-25(34)29-17-2-3-17/h4-7,12-15,17,33,35H,2-3,8-11H2,1H3,(H2,29,30,34). The second-order valence-electron chi connectivity index (χ2n) is 8.89. The van der Waals surface area contributed by atoms with Crippen LogP contribution >= 0.6 is 19.9 Å². The van der Waals surface area contributed by atoms with Crippen molar-refractivity contribution in [1.82, 2.24) is 25.0 Å². The number of carbonyl (C=O) groups is 1. The second-order valence-corrected chi connectivity index (χ2v) is 11.3. The van der Waals surface area contributed by atoms with Crippen molar-refractivity contribution in [3.63, 3.8) is 0 Å². The summed E-state index contributed by atoms with van der Waals surface area (Å²) in [5.74, 6) is -0.341. The minimum absolute atomic E-state index is 0.121. The number of halogens is 1. The molecule has 2 amide bonds. The predicted octanol–water partition coefficient (Wildman–Crippen LogP) is 3.14. The number of amides is 2. The van der Waals surface area contributed by atoms with Crippen LogP contribution in [0, 0.1) is 5.82 Å². The molecule has 36 heavy (non-hydrogen) atoms. The Labute approximate surface area is 214 Å². The Kier molecular flexibility index (Phi) is 7.57. The van der Waals surface area contributed by atoms with E-state index in [4.69, 9.17) is 5.11 Å². The summed E-state index contributed by atoms with van der Waals surface area (Å²) in [6, 6.07) is 8.79. The number of urea groups is 1. The first-order chi connectivity index (χ1) is 17.5. The van der Waals surface area contributed by atoms with Crippen LogP contribution < -0.4 is 21.2 Å². The zero-order valence-electron chi connectivity index (χ0n) is 19.9. The number of fused-ring (bicyclic) bond motifs is 1. The van der Waals surface area contributed by atoms with E-state index >= 15 is 0 Å². The van der Waals surface area contributed by atoms with E-state index in [1.165, 1.54) is 6.07 Å². The summed E-state index contributed by atoms with van der Waals surface area (Å²) in [6.45, 7) is 2.31. The van der Waals surface area contributed by atoms with Crippen molar-refractivity contribution in [3.05, 3.63) is 54.7 Å². The molecule has 4 aromatic rings. The van der Waals surface area contributed by atoms with Crippen molar-refractivity contribution in [2.75, 3.05) is 32.1 Å². The van der Waals surface area contributed by atoms with Crippen LogP contribution in [-0.4, -0.2) is 63.6 Å². The molecule has 1 unspecified atom stereocenters. The van der Waals surface area contributed by atoms with E-state index in [0.29, 0.717) is 17.5 Å². The number of likely N-dealkylation sites (N-methyl/N-ethyl adjacent to an activating group) is 1. The van der Waals surface area contributed by atoms with Crippen molar-refractivity contribution in [2.45, 2.75) is 25.4 Å². The molecular weight excluding hydrogens is 498 g/mol. The van der Waals surface area contributed by atoms with Crippen molar-refractivity contribution >= 4 is 52.5 Å². The summed E-state index contributed by atoms with van der Waals surface area (Å²) in [4.78, 5) is 19.6. The van der Waals surface area contributed by atoms with Gasteiger partial charge in [-0.3, -0.25) is 9.67 Å². The topological polar surface area (TPSA) is 95.3 Å². The number of hydrogen-bond acceptors (Lipinski definition) is 6. The number of thiophene rings is 1. The Bertz CT molecular complexity index is 1370. The summed E-state index contributed by atoms with van der Waals surface area (Å²) >= 11 is 1.63. The molecule has 3 N–H and O–H groups in total. The number of aliphatic hydroxyl groups excluding tert-OH is 1. The summed E-state index contributed by atoms with van der Waals surface area (Å²) in [6.07, 6.45) is 7.63. The Morgan fingerprint density at radius 2 is 2.14 bits per heavy atom. The number of benzene rings is 1. The minimum Gasteiger partial charge on any atom is -0.395 e. The molecule has 0 saturated heterocycles. The normalized spacial score (nSPS) is 13.8. The molecule has 0 spiro atoms. The van der Waals surface area contributed by atoms with Crippen LogP contribution in [0.25, 0.3) is 20.7 Å². The second kappa shape index (κ2) is 11.0. The van der Waals surface area contributed by atoms with Gasteiger partial charge in [-0.15, -0.1) is 11.3 Å². The molecule has 188 valence electrons. The number of nitrogens with zero attached hydrogens (tertiary/aromatic N) is 4. The van der Waals surface area contributed by atoms with Crippen molar-refractivity contribution < 1.29 is 14.3 Å². The average Bonchev–Trinajstić information content (AvgIpc) is 3.35. The fourth-order valence-corrected chi connectivity index (χ4v) is 6.13. The van der Waals surface area contributed by atoms with E-state index in [1.54, 1.807) is 29.7 Å². The third-order valence-electron chi connectivity index (χ3n) is 5.93. The van der Waals surface area contributed by atoms with Gasteiger partial charge in [-0.25, -0.2) is 9.18 Å². The summed E-state index contributed by atoms with van der Waals surface area (Å²) in [5, 5.41) is 20.7. The molecular formula is C25H28FN6O2PS. The Morgan fingerprint density at radius 1 is 1.28 bits per heavy atom. The van der Waals surface area contributed by atoms with Gasteiger partial charge in [-0.2, -0.15) is 5.10 Å². The minimum atomic E-state index is -0.341. The molecule has 1 aliphatic rings. The molecule has 1 aliphatic carbocycles. The maximum atomic E-state index is 14.9. The lowest BCUT2D eigenvalue weighted by Crippen LogP contribution is -2.30. The molecule has 1 fully saturated rings. The van der Waals surface area contributed by atoms with Gasteiger partial charge in [0.1, 0.15) is 5.82 Å². The third-order valence-corrected chi connectivity index (χ3v) is 8.68. The molecule has 0 aliphatic heterocycles. The molecule has 1 aromatic carbocycles. The van der Waals surface area contributed by atoms with Gasteiger partial charge >= 0.3 is 6.03 Å². The monoisotopic (exact) mass is 526 g/mol. The number of rotatable bonds is 10. The van der Waals surface area contributed by atoms with Crippen LogP contribution in [0.1, 0.15) is 12.8 Å². The molecule has 0 radical (unpaired) electrons. The zero-order valence-corrected chi connectivity index (χ0v) is 21.7. The van der Waals surface area contributed by atoms with Crippen LogP contribution in [0.5, 0.6) is 0 Å². The van der Waals surface area contributed by atoms with E-state index in [0.717, 1.165) is 51.9 Å². The van der Waals surface area contributed by atoms with E-state index in [1.807, 2.05) is 30.2 Å². The van der Waals surface area contributed by atoms with E-state index < -0.39 is 0 Å². The van der Waals surface area contributed by atoms with Crippen LogP contribution in [0.15, 0.2) is 48.9 Å². The van der Waals surface area contributed by atoms with Gasteiger partial charge in [0.05, 0.1) is 29.6 Å². The van der Waals surface area contributed by atoms with Crippen molar-refractivity contribution in [2.24, 2.45) is 0 Å². The SMILES string of the molecule is CN(CCO)CCn1cc(-c2cc3nccc(Pc4ccc(NC(=O)NC5CC5)cc4F)c3s2)cn1. The number of anilines is 1. The van der Waals surface area contributed by atoms with Gasteiger partial charge in [0, 0.05) is 53.0 Å². The van der Waals surface area contributed by atoms with E-state index in [2.05, 4.69) is 31.7 Å². The van der Waals surface area contributed by atoms with E-state index in [-0.39, 0.29) is 33.1 Å². The zero-order chi connectivity index (χ0) is 25.1. The van der Waals surface area contributed by atoms with Crippen molar-refractivity contribution in [3.8, 4) is 10.4 Å². The van der Waals surface area contributed by atoms with Crippen LogP contribution in [0.4, 0.5) is 14.9 Å². The lowest BCUT2D eigenvalue weighted by molar-refractivity contribution is 0.215. The largest absolute Gasteiger partial charge is 0.395 e. The number of aliphatic hydroxyl groups is 1. The lowest BCUT2D eigenvalue weighted by Gasteiger charge is -2.14. The lowest BCUT2D eigenvalue weighted by atomic mass is 10.3. The quantitative estimate of drug-likeness (QED) is 0.276. The van der Waals surface area contributed by atoms with Crippen LogP contribution in [-0.2, 0) is 6.54 Å². The van der Waals surface area contributed by atoms with Crippen LogP contribution in [0.3, 0.4) is 0 Å². The summed E-state index contributed by atoms with van der Waals surface area (Å²) in [5.41, 5.74) is 2.34. The van der Waals surface area contributed by atoms with Gasteiger partial charge in [0.25, 0.3) is 0 Å². The summed E-state index contributed by atoms with van der Waals surface area (Å²) < 4.78 is 17.8. The molecule has 11 heteroatoms. The Balaban J connectivity index is 1.29. The third kappa shape index (κ3) is 6.07. The maximum absolute atomic E-state index is 14.9.